The van der Waals surface area contributed by atoms with E-state index in [4.69, 9.17) is 5.73 Å². The molecule has 5 N–H and O–H groups in total. The second-order valence-electron chi connectivity index (χ2n) is 4.35. The molecule has 0 heterocycles. The van der Waals surface area contributed by atoms with Crippen molar-refractivity contribution in [3.05, 3.63) is 53.6 Å². The average molecular weight is 285 g/mol. The van der Waals surface area contributed by atoms with Gasteiger partial charge in [-0.25, -0.2) is 0 Å². The van der Waals surface area contributed by atoms with Crippen LogP contribution in [0.2, 0.25) is 0 Å². The molecule has 2 aromatic rings. The zero-order chi connectivity index (χ0) is 15.4. The molecule has 0 aliphatic heterocycles. The van der Waals surface area contributed by atoms with Crippen LogP contribution in [0.25, 0.3) is 0 Å². The molecule has 0 spiro atoms. The van der Waals surface area contributed by atoms with Crippen molar-refractivity contribution < 1.29 is 14.7 Å². The number of nitrogen functional groups attached to an aromatic ring is 1. The first-order valence-corrected chi connectivity index (χ1v) is 6.24. The summed E-state index contributed by atoms with van der Waals surface area (Å²) in [6.07, 6.45) is 0. The summed E-state index contributed by atoms with van der Waals surface area (Å²) in [5.41, 5.74) is 6.77. The number of phenolic OH excluding ortho intramolecular Hbond substituents is 1. The van der Waals surface area contributed by atoms with Gasteiger partial charge in [-0.1, -0.05) is 6.07 Å². The molecule has 0 saturated carbocycles. The lowest BCUT2D eigenvalue weighted by Gasteiger charge is -2.08. The highest BCUT2D eigenvalue weighted by molar-refractivity contribution is 6.07. The first-order valence-electron chi connectivity index (χ1n) is 6.24. The van der Waals surface area contributed by atoms with Crippen molar-refractivity contribution in [3.63, 3.8) is 0 Å². The second-order valence-corrected chi connectivity index (χ2v) is 4.35. The number of benzene rings is 2. The van der Waals surface area contributed by atoms with E-state index >= 15 is 0 Å². The predicted octanol–water partition coefficient (Wildman–Crippen LogP) is 1.59. The monoisotopic (exact) mass is 285 g/mol. The molecule has 0 unspecified atom stereocenters. The Hall–Kier alpha value is -3.02. The molecule has 0 saturated heterocycles. The average Bonchev–Trinajstić information content (AvgIpc) is 2.50. The maximum absolute atomic E-state index is 12.1. The maximum Gasteiger partial charge on any atom is 0.259 e. The number of rotatable bonds is 3. The molecular formula is C15H15N3O3. The van der Waals surface area contributed by atoms with Crippen molar-refractivity contribution in [1.82, 2.24) is 5.32 Å². The molecule has 2 amide bonds. The van der Waals surface area contributed by atoms with E-state index in [0.29, 0.717) is 11.3 Å². The second kappa shape index (κ2) is 5.96. The minimum Gasteiger partial charge on any atom is -0.505 e. The molecular weight excluding hydrogens is 270 g/mol. The Labute approximate surface area is 121 Å². The molecule has 21 heavy (non-hydrogen) atoms. The lowest BCUT2D eigenvalue weighted by Crippen LogP contribution is -2.18. The van der Waals surface area contributed by atoms with Gasteiger partial charge >= 0.3 is 0 Å². The lowest BCUT2D eigenvalue weighted by atomic mass is 10.1. The van der Waals surface area contributed by atoms with Gasteiger partial charge < -0.3 is 21.5 Å². The van der Waals surface area contributed by atoms with Crippen LogP contribution in [-0.4, -0.2) is 24.0 Å². The van der Waals surface area contributed by atoms with Crippen molar-refractivity contribution >= 4 is 23.2 Å². The number of anilines is 2. The fourth-order valence-electron chi connectivity index (χ4n) is 1.79. The van der Waals surface area contributed by atoms with Crippen LogP contribution in [0, 0.1) is 0 Å². The minimum absolute atomic E-state index is 0.0883. The van der Waals surface area contributed by atoms with E-state index < -0.39 is 5.91 Å². The van der Waals surface area contributed by atoms with Crippen molar-refractivity contribution in [1.29, 1.82) is 0 Å². The summed E-state index contributed by atoms with van der Waals surface area (Å²) in [6.45, 7) is 0. The highest BCUT2D eigenvalue weighted by atomic mass is 16.3. The molecule has 108 valence electrons. The van der Waals surface area contributed by atoms with Crippen LogP contribution in [0.3, 0.4) is 0 Å². The molecule has 0 aromatic heterocycles. The standard InChI is InChI=1S/C15H15N3O3/c1-17-14(20)9-5-7-10(8-6-9)18-15(21)11-3-2-4-12(16)13(11)19/h2-8,19H,16H2,1H3,(H,17,20)(H,18,21). The molecule has 2 aromatic carbocycles. The summed E-state index contributed by atoms with van der Waals surface area (Å²) in [7, 11) is 1.54. The van der Waals surface area contributed by atoms with Crippen LogP contribution in [-0.2, 0) is 0 Å². The number of phenols is 1. The molecule has 0 fully saturated rings. The van der Waals surface area contributed by atoms with Crippen molar-refractivity contribution in [3.8, 4) is 5.75 Å². The summed E-state index contributed by atoms with van der Waals surface area (Å²) in [5, 5.41) is 14.9. The van der Waals surface area contributed by atoms with Gasteiger partial charge in [0.05, 0.1) is 11.3 Å². The topological polar surface area (TPSA) is 104 Å². The third kappa shape index (κ3) is 3.11. The molecule has 0 aliphatic carbocycles. The van der Waals surface area contributed by atoms with Gasteiger partial charge in [0.25, 0.3) is 11.8 Å². The number of carbonyl (C=O) groups is 2. The maximum atomic E-state index is 12.1. The predicted molar refractivity (Wildman–Crippen MR) is 80.3 cm³/mol. The minimum atomic E-state index is -0.479. The van der Waals surface area contributed by atoms with Crippen LogP contribution in [0.4, 0.5) is 11.4 Å². The third-order valence-corrected chi connectivity index (χ3v) is 2.94. The lowest BCUT2D eigenvalue weighted by molar-refractivity contribution is 0.0962. The smallest absolute Gasteiger partial charge is 0.259 e. The Kier molecular flexibility index (Phi) is 4.08. The summed E-state index contributed by atoms with van der Waals surface area (Å²) in [4.78, 5) is 23.5. The Bertz CT molecular complexity index is 681. The van der Waals surface area contributed by atoms with E-state index in [-0.39, 0.29) is 22.9 Å². The third-order valence-electron chi connectivity index (χ3n) is 2.94. The number of carbonyl (C=O) groups excluding carboxylic acids is 2. The quantitative estimate of drug-likeness (QED) is 0.507. The highest BCUT2D eigenvalue weighted by Gasteiger charge is 2.13. The number of nitrogens with one attached hydrogen (secondary N) is 2. The van der Waals surface area contributed by atoms with Crippen molar-refractivity contribution in [2.24, 2.45) is 0 Å². The molecule has 2 rings (SSSR count). The van der Waals surface area contributed by atoms with Gasteiger partial charge in [-0.15, -0.1) is 0 Å². The SMILES string of the molecule is CNC(=O)c1ccc(NC(=O)c2cccc(N)c2O)cc1. The van der Waals surface area contributed by atoms with Crippen molar-refractivity contribution in [2.45, 2.75) is 0 Å². The zero-order valence-electron chi connectivity index (χ0n) is 11.4. The highest BCUT2D eigenvalue weighted by Crippen LogP contribution is 2.25. The normalized spacial score (nSPS) is 9.95. The van der Waals surface area contributed by atoms with Crippen LogP contribution in [0.5, 0.6) is 5.75 Å². The Morgan fingerprint density at radius 2 is 1.71 bits per heavy atom. The van der Waals surface area contributed by atoms with Gasteiger partial charge in [0.2, 0.25) is 0 Å². The molecule has 0 aliphatic rings. The Morgan fingerprint density at radius 1 is 1.05 bits per heavy atom. The largest absolute Gasteiger partial charge is 0.505 e. The summed E-state index contributed by atoms with van der Waals surface area (Å²) < 4.78 is 0. The molecule has 6 heteroatoms. The Balaban J connectivity index is 2.16. The van der Waals surface area contributed by atoms with E-state index in [1.165, 1.54) is 12.1 Å². The molecule has 6 nitrogen and oxygen atoms in total. The van der Waals surface area contributed by atoms with Gasteiger partial charge in [-0.2, -0.15) is 0 Å². The summed E-state index contributed by atoms with van der Waals surface area (Å²) in [5.74, 6) is -0.939. The number of aromatic hydroxyl groups is 1. The fraction of sp³-hybridized carbons (Fsp3) is 0.0667. The number of amides is 2. The molecule has 0 atom stereocenters. The summed E-state index contributed by atoms with van der Waals surface area (Å²) >= 11 is 0. The van der Waals surface area contributed by atoms with Gasteiger partial charge in [-0.05, 0) is 36.4 Å². The van der Waals surface area contributed by atoms with Crippen LogP contribution in [0.1, 0.15) is 20.7 Å². The number of hydrogen-bond acceptors (Lipinski definition) is 4. The Morgan fingerprint density at radius 3 is 2.33 bits per heavy atom. The number of para-hydroxylation sites is 1. The van der Waals surface area contributed by atoms with Crippen LogP contribution < -0.4 is 16.4 Å². The van der Waals surface area contributed by atoms with Gasteiger partial charge in [-0.3, -0.25) is 9.59 Å². The van der Waals surface area contributed by atoms with E-state index in [0.717, 1.165) is 0 Å². The molecule has 0 bridgehead atoms. The van der Waals surface area contributed by atoms with Gasteiger partial charge in [0, 0.05) is 18.3 Å². The first-order chi connectivity index (χ1) is 10.0. The van der Waals surface area contributed by atoms with Crippen LogP contribution >= 0.6 is 0 Å². The fourth-order valence-corrected chi connectivity index (χ4v) is 1.79. The van der Waals surface area contributed by atoms with Gasteiger partial charge in [0.1, 0.15) is 0 Å². The van der Waals surface area contributed by atoms with Crippen LogP contribution in [0.15, 0.2) is 42.5 Å². The van der Waals surface area contributed by atoms with E-state index in [1.807, 2.05) is 0 Å². The van der Waals surface area contributed by atoms with E-state index in [2.05, 4.69) is 10.6 Å². The zero-order valence-corrected chi connectivity index (χ0v) is 11.4. The number of nitrogens with two attached hydrogens (primary N) is 1. The van der Waals surface area contributed by atoms with E-state index in [9.17, 15) is 14.7 Å². The molecule has 0 radical (unpaired) electrons. The van der Waals surface area contributed by atoms with E-state index in [1.54, 1.807) is 37.4 Å². The number of hydrogen-bond donors (Lipinski definition) is 4. The summed E-state index contributed by atoms with van der Waals surface area (Å²) in [6, 6.07) is 10.9. The van der Waals surface area contributed by atoms with Gasteiger partial charge in [0.15, 0.2) is 5.75 Å². The van der Waals surface area contributed by atoms with Crippen molar-refractivity contribution in [2.75, 3.05) is 18.1 Å². The first kappa shape index (κ1) is 14.4.